The third-order valence-corrected chi connectivity index (χ3v) is 7.30. The van der Waals surface area contributed by atoms with E-state index >= 15 is 0 Å². The first kappa shape index (κ1) is 18.9. The van der Waals surface area contributed by atoms with Crippen molar-refractivity contribution in [2.75, 3.05) is 19.6 Å². The summed E-state index contributed by atoms with van der Waals surface area (Å²) in [6.45, 7) is 2.99. The van der Waals surface area contributed by atoms with E-state index in [0.29, 0.717) is 0 Å². The Hall–Kier alpha value is -1.47. The lowest BCUT2D eigenvalue weighted by atomic mass is 9.87. The number of phenolic OH excluding ortho intramolecular Hbond substituents is 3. The van der Waals surface area contributed by atoms with Crippen LogP contribution in [0.2, 0.25) is 0 Å². The molecule has 1 unspecified atom stereocenters. The van der Waals surface area contributed by atoms with Crippen LogP contribution < -0.4 is 0 Å². The standard InChI is InChI=1S/C22H26INO3/c23-21-17-9-10-24(12-14-3-1-2-4-14)13-19(15-5-7-16(25)8-6-15)18(17)11-20(26)22(21)27/h5-8,11,14,19,25-27H,1-4,9-10,12-13H2. The van der Waals surface area contributed by atoms with E-state index in [9.17, 15) is 15.3 Å². The second-order valence-corrected chi connectivity index (χ2v) is 9.01. The molecule has 27 heavy (non-hydrogen) atoms. The predicted octanol–water partition coefficient (Wildman–Crippen LogP) is 4.59. The van der Waals surface area contributed by atoms with Gasteiger partial charge in [0.1, 0.15) is 5.75 Å². The molecule has 1 aliphatic carbocycles. The van der Waals surface area contributed by atoms with Crippen LogP contribution in [0.5, 0.6) is 17.2 Å². The van der Waals surface area contributed by atoms with E-state index in [0.717, 1.165) is 52.2 Å². The van der Waals surface area contributed by atoms with Crippen LogP contribution in [-0.2, 0) is 6.42 Å². The summed E-state index contributed by atoms with van der Waals surface area (Å²) in [6, 6.07) is 9.14. The molecule has 1 aliphatic heterocycles. The van der Waals surface area contributed by atoms with E-state index in [1.165, 1.54) is 25.7 Å². The Balaban J connectivity index is 1.72. The van der Waals surface area contributed by atoms with Crippen molar-refractivity contribution in [3.8, 4) is 17.2 Å². The van der Waals surface area contributed by atoms with E-state index in [1.54, 1.807) is 18.2 Å². The highest BCUT2D eigenvalue weighted by Gasteiger charge is 2.29. The quantitative estimate of drug-likeness (QED) is 0.445. The zero-order chi connectivity index (χ0) is 19.0. The van der Waals surface area contributed by atoms with E-state index in [4.69, 9.17) is 0 Å². The van der Waals surface area contributed by atoms with Gasteiger partial charge in [0.15, 0.2) is 11.5 Å². The first-order valence-corrected chi connectivity index (χ1v) is 10.8. The van der Waals surface area contributed by atoms with Gasteiger partial charge in [-0.15, -0.1) is 0 Å². The van der Waals surface area contributed by atoms with Crippen molar-refractivity contribution < 1.29 is 15.3 Å². The van der Waals surface area contributed by atoms with Crippen LogP contribution >= 0.6 is 22.6 Å². The van der Waals surface area contributed by atoms with Crippen molar-refractivity contribution in [3.63, 3.8) is 0 Å². The van der Waals surface area contributed by atoms with Gasteiger partial charge >= 0.3 is 0 Å². The molecule has 0 spiro atoms. The smallest absolute Gasteiger partial charge is 0.171 e. The van der Waals surface area contributed by atoms with Gasteiger partial charge in [0.25, 0.3) is 0 Å². The van der Waals surface area contributed by atoms with Crippen molar-refractivity contribution in [1.82, 2.24) is 4.90 Å². The molecular formula is C22H26INO3. The van der Waals surface area contributed by atoms with E-state index in [-0.39, 0.29) is 23.2 Å². The van der Waals surface area contributed by atoms with Gasteiger partial charge in [0.05, 0.1) is 3.57 Å². The van der Waals surface area contributed by atoms with E-state index < -0.39 is 0 Å². The monoisotopic (exact) mass is 479 g/mol. The third kappa shape index (κ3) is 3.90. The van der Waals surface area contributed by atoms with Gasteiger partial charge < -0.3 is 20.2 Å². The Kier molecular flexibility index (Phi) is 5.50. The molecule has 1 saturated carbocycles. The number of rotatable bonds is 3. The number of hydrogen-bond donors (Lipinski definition) is 3. The van der Waals surface area contributed by atoms with Gasteiger partial charge in [-0.2, -0.15) is 0 Å². The minimum atomic E-state index is -0.0498. The van der Waals surface area contributed by atoms with Crippen LogP contribution in [-0.4, -0.2) is 39.9 Å². The second-order valence-electron chi connectivity index (χ2n) is 7.93. The fraction of sp³-hybridized carbons (Fsp3) is 0.455. The summed E-state index contributed by atoms with van der Waals surface area (Å²) in [5, 5.41) is 30.2. The summed E-state index contributed by atoms with van der Waals surface area (Å²) in [7, 11) is 0. The second kappa shape index (κ2) is 7.87. The maximum Gasteiger partial charge on any atom is 0.171 e. The van der Waals surface area contributed by atoms with Gasteiger partial charge in [-0.25, -0.2) is 0 Å². The van der Waals surface area contributed by atoms with Crippen LogP contribution in [0.3, 0.4) is 0 Å². The maximum absolute atomic E-state index is 10.2. The number of phenols is 3. The minimum Gasteiger partial charge on any atom is -0.508 e. The number of hydrogen-bond acceptors (Lipinski definition) is 4. The largest absolute Gasteiger partial charge is 0.508 e. The average molecular weight is 479 g/mol. The summed E-state index contributed by atoms with van der Waals surface area (Å²) < 4.78 is 0.758. The fourth-order valence-electron chi connectivity index (χ4n) is 4.68. The Bertz CT molecular complexity index is 815. The zero-order valence-electron chi connectivity index (χ0n) is 15.4. The third-order valence-electron chi connectivity index (χ3n) is 6.14. The van der Waals surface area contributed by atoms with Gasteiger partial charge in [0.2, 0.25) is 0 Å². The van der Waals surface area contributed by atoms with E-state index in [2.05, 4.69) is 27.5 Å². The Labute approximate surface area is 174 Å². The Morgan fingerprint density at radius 1 is 1.04 bits per heavy atom. The number of aromatic hydroxyl groups is 3. The van der Waals surface area contributed by atoms with Crippen LogP contribution in [0, 0.1) is 9.49 Å². The first-order chi connectivity index (χ1) is 13.0. The number of benzene rings is 2. The molecule has 5 heteroatoms. The SMILES string of the molecule is Oc1ccc(C2CN(CC3CCCC3)CCc3c2cc(O)c(O)c3I)cc1. The number of nitrogens with zero attached hydrogens (tertiary/aromatic N) is 1. The summed E-state index contributed by atoms with van der Waals surface area (Å²) in [5.41, 5.74) is 3.36. The number of halogens is 1. The topological polar surface area (TPSA) is 63.9 Å². The molecule has 2 aromatic carbocycles. The molecule has 0 saturated heterocycles. The summed E-state index contributed by atoms with van der Waals surface area (Å²) >= 11 is 2.15. The molecular weight excluding hydrogens is 453 g/mol. The summed E-state index contributed by atoms with van der Waals surface area (Å²) in [4.78, 5) is 2.55. The molecule has 4 nitrogen and oxygen atoms in total. The van der Waals surface area contributed by atoms with Gasteiger partial charge in [-0.05, 0) is 82.7 Å². The molecule has 144 valence electrons. The Morgan fingerprint density at radius 3 is 2.44 bits per heavy atom. The number of fused-ring (bicyclic) bond motifs is 1. The average Bonchev–Trinajstić information content (AvgIpc) is 3.10. The molecule has 1 heterocycles. The normalized spacial score (nSPS) is 21.1. The van der Waals surface area contributed by atoms with Gasteiger partial charge in [0, 0.05) is 25.6 Å². The van der Waals surface area contributed by atoms with Gasteiger partial charge in [-0.3, -0.25) is 0 Å². The lowest BCUT2D eigenvalue weighted by Gasteiger charge is -2.27. The molecule has 0 amide bonds. The summed E-state index contributed by atoms with van der Waals surface area (Å²) in [6.07, 6.45) is 6.22. The molecule has 0 bridgehead atoms. The molecule has 3 N–H and O–H groups in total. The summed E-state index contributed by atoms with van der Waals surface area (Å²) in [5.74, 6) is 1.10. The van der Waals surface area contributed by atoms with Crippen LogP contribution in [0.15, 0.2) is 30.3 Å². The minimum absolute atomic E-state index is 0.0111. The molecule has 1 fully saturated rings. The van der Waals surface area contributed by atoms with Crippen molar-refractivity contribution >= 4 is 22.6 Å². The fourth-order valence-corrected chi connectivity index (χ4v) is 5.54. The van der Waals surface area contributed by atoms with Crippen LogP contribution in [0.1, 0.15) is 48.3 Å². The van der Waals surface area contributed by atoms with Crippen molar-refractivity contribution in [1.29, 1.82) is 0 Å². The van der Waals surface area contributed by atoms with Crippen molar-refractivity contribution in [3.05, 3.63) is 50.6 Å². The molecule has 0 radical (unpaired) electrons. The molecule has 2 aromatic rings. The van der Waals surface area contributed by atoms with Gasteiger partial charge in [-0.1, -0.05) is 25.0 Å². The lowest BCUT2D eigenvalue weighted by molar-refractivity contribution is 0.233. The first-order valence-electron chi connectivity index (χ1n) is 9.77. The molecule has 4 rings (SSSR count). The van der Waals surface area contributed by atoms with Crippen molar-refractivity contribution in [2.45, 2.75) is 38.0 Å². The van der Waals surface area contributed by atoms with E-state index in [1.807, 2.05) is 12.1 Å². The predicted molar refractivity (Wildman–Crippen MR) is 115 cm³/mol. The highest BCUT2D eigenvalue weighted by Crippen LogP contribution is 2.42. The highest BCUT2D eigenvalue weighted by atomic mass is 127. The van der Waals surface area contributed by atoms with Crippen molar-refractivity contribution in [2.24, 2.45) is 5.92 Å². The highest BCUT2D eigenvalue weighted by molar-refractivity contribution is 14.1. The zero-order valence-corrected chi connectivity index (χ0v) is 17.5. The van der Waals surface area contributed by atoms with Crippen LogP contribution in [0.25, 0.3) is 0 Å². The Morgan fingerprint density at radius 2 is 1.74 bits per heavy atom. The molecule has 2 aliphatic rings. The van der Waals surface area contributed by atoms with Crippen LogP contribution in [0.4, 0.5) is 0 Å². The molecule has 1 atom stereocenters. The molecule has 0 aromatic heterocycles. The lowest BCUT2D eigenvalue weighted by Crippen LogP contribution is -2.32. The maximum atomic E-state index is 10.2.